The summed E-state index contributed by atoms with van der Waals surface area (Å²) in [5.74, 6) is -0.450. The zero-order valence-corrected chi connectivity index (χ0v) is 23.9. The van der Waals surface area contributed by atoms with Crippen molar-refractivity contribution >= 4 is 39.1 Å². The number of halogens is 1. The molecule has 0 aromatic heterocycles. The topological polar surface area (TPSA) is 96.0 Å². The van der Waals surface area contributed by atoms with Crippen molar-refractivity contribution in [2.75, 3.05) is 31.0 Å². The molecule has 0 fully saturated rings. The fraction of sp³-hybridized carbons (Fsp3) is 0.310. The summed E-state index contributed by atoms with van der Waals surface area (Å²) in [6.07, 6.45) is 1.25. The molecule has 3 rings (SSSR count). The Kier molecular flexibility index (Phi) is 10.8. The van der Waals surface area contributed by atoms with Crippen molar-refractivity contribution in [3.8, 4) is 5.75 Å². The Morgan fingerprint density at radius 2 is 1.64 bits per heavy atom. The third kappa shape index (κ3) is 7.74. The van der Waals surface area contributed by atoms with E-state index >= 15 is 0 Å². The molecule has 39 heavy (non-hydrogen) atoms. The van der Waals surface area contributed by atoms with E-state index in [1.54, 1.807) is 31.2 Å². The number of anilines is 1. The second-order valence-corrected chi connectivity index (χ2v) is 11.2. The van der Waals surface area contributed by atoms with Crippen LogP contribution in [-0.4, -0.2) is 57.9 Å². The lowest BCUT2D eigenvalue weighted by molar-refractivity contribution is -0.138. The number of carbonyl (C=O) groups excluding carboxylic acids is 2. The van der Waals surface area contributed by atoms with Crippen LogP contribution in [0, 0.1) is 0 Å². The predicted molar refractivity (Wildman–Crippen MR) is 154 cm³/mol. The maximum Gasteiger partial charge on any atom is 0.264 e. The largest absolute Gasteiger partial charge is 0.495 e. The van der Waals surface area contributed by atoms with Crippen LogP contribution in [-0.2, 0) is 26.0 Å². The number of carbonyl (C=O) groups is 2. The molecule has 0 aliphatic rings. The number of hydrogen-bond acceptors (Lipinski definition) is 5. The second-order valence-electron chi connectivity index (χ2n) is 8.93. The molecule has 1 atom stereocenters. The molecule has 3 aromatic rings. The number of methoxy groups -OCH3 is 1. The van der Waals surface area contributed by atoms with Gasteiger partial charge in [0.1, 0.15) is 18.3 Å². The smallest absolute Gasteiger partial charge is 0.264 e. The van der Waals surface area contributed by atoms with Gasteiger partial charge in [0, 0.05) is 13.1 Å². The molecule has 0 bridgehead atoms. The standard InChI is InChI=1S/C29H34ClN3O5S/c1-4-18-31-29(35)22(2)32(19-17-23-11-7-5-8-12-23)28(34)21-33(24-15-16-27(38-3)26(30)20-24)39(36,37)25-13-9-6-10-14-25/h5-16,20,22H,4,17-19,21H2,1-3H3,(H,31,35). The van der Waals surface area contributed by atoms with E-state index in [4.69, 9.17) is 16.3 Å². The first-order valence-electron chi connectivity index (χ1n) is 12.7. The van der Waals surface area contributed by atoms with Gasteiger partial charge in [-0.2, -0.15) is 0 Å². The van der Waals surface area contributed by atoms with E-state index in [9.17, 15) is 18.0 Å². The highest BCUT2D eigenvalue weighted by Crippen LogP contribution is 2.32. The van der Waals surface area contributed by atoms with Crippen molar-refractivity contribution < 1.29 is 22.7 Å². The maximum absolute atomic E-state index is 13.8. The van der Waals surface area contributed by atoms with Crippen LogP contribution in [0.5, 0.6) is 5.75 Å². The number of nitrogens with zero attached hydrogens (tertiary/aromatic N) is 2. The molecule has 0 aliphatic heterocycles. The third-order valence-corrected chi connectivity index (χ3v) is 8.32. The number of benzene rings is 3. The SMILES string of the molecule is CCCNC(=O)C(C)N(CCc1ccccc1)C(=O)CN(c1ccc(OC)c(Cl)c1)S(=O)(=O)c1ccccc1. The van der Waals surface area contributed by atoms with Gasteiger partial charge in [-0.25, -0.2) is 8.42 Å². The van der Waals surface area contributed by atoms with Crippen LogP contribution < -0.4 is 14.4 Å². The summed E-state index contributed by atoms with van der Waals surface area (Å²) in [5, 5.41) is 3.03. The van der Waals surface area contributed by atoms with E-state index in [0.717, 1.165) is 16.3 Å². The van der Waals surface area contributed by atoms with Crippen LogP contribution in [0.15, 0.2) is 83.8 Å². The molecule has 0 heterocycles. The Hall–Kier alpha value is -3.56. The number of amides is 2. The van der Waals surface area contributed by atoms with Gasteiger partial charge >= 0.3 is 0 Å². The van der Waals surface area contributed by atoms with Crippen molar-refractivity contribution in [1.29, 1.82) is 0 Å². The molecule has 8 nitrogen and oxygen atoms in total. The zero-order valence-electron chi connectivity index (χ0n) is 22.3. The number of nitrogens with one attached hydrogen (secondary N) is 1. The van der Waals surface area contributed by atoms with Crippen molar-refractivity contribution in [1.82, 2.24) is 10.2 Å². The summed E-state index contributed by atoms with van der Waals surface area (Å²) in [6, 6.07) is 21.2. The Bertz CT molecular complexity index is 1350. The number of hydrogen-bond donors (Lipinski definition) is 1. The highest BCUT2D eigenvalue weighted by Gasteiger charge is 2.32. The Balaban J connectivity index is 1.99. The molecule has 0 radical (unpaired) electrons. The molecular weight excluding hydrogens is 538 g/mol. The fourth-order valence-electron chi connectivity index (χ4n) is 4.02. The van der Waals surface area contributed by atoms with E-state index in [2.05, 4.69) is 5.32 Å². The van der Waals surface area contributed by atoms with Crippen LogP contribution >= 0.6 is 11.6 Å². The summed E-state index contributed by atoms with van der Waals surface area (Å²) in [5.41, 5.74) is 1.19. The van der Waals surface area contributed by atoms with Gasteiger partial charge in [-0.1, -0.05) is 67.1 Å². The van der Waals surface area contributed by atoms with Crippen LogP contribution in [0.3, 0.4) is 0 Å². The van der Waals surface area contributed by atoms with Gasteiger partial charge in [0.15, 0.2) is 0 Å². The first-order chi connectivity index (χ1) is 18.7. The van der Waals surface area contributed by atoms with Gasteiger partial charge in [0.05, 0.1) is 22.7 Å². The van der Waals surface area contributed by atoms with Crippen LogP contribution in [0.2, 0.25) is 5.02 Å². The lowest BCUT2D eigenvalue weighted by Crippen LogP contribution is -2.52. The van der Waals surface area contributed by atoms with Gasteiger partial charge in [-0.3, -0.25) is 13.9 Å². The lowest BCUT2D eigenvalue weighted by Gasteiger charge is -2.32. The molecule has 208 valence electrons. The van der Waals surface area contributed by atoms with Gasteiger partial charge in [0.2, 0.25) is 11.8 Å². The van der Waals surface area contributed by atoms with E-state index in [-0.39, 0.29) is 28.1 Å². The quantitative estimate of drug-likeness (QED) is 0.325. The molecule has 1 N–H and O–H groups in total. The molecule has 0 spiro atoms. The Morgan fingerprint density at radius 1 is 1.00 bits per heavy atom. The van der Waals surface area contributed by atoms with Crippen LogP contribution in [0.25, 0.3) is 0 Å². The molecule has 1 unspecified atom stereocenters. The molecule has 10 heteroatoms. The summed E-state index contributed by atoms with van der Waals surface area (Å²) >= 11 is 6.33. The minimum Gasteiger partial charge on any atom is -0.495 e. The van der Waals surface area contributed by atoms with Gasteiger partial charge in [-0.05, 0) is 55.7 Å². The van der Waals surface area contributed by atoms with Crippen molar-refractivity contribution in [2.45, 2.75) is 37.6 Å². The van der Waals surface area contributed by atoms with E-state index in [1.165, 1.54) is 36.3 Å². The van der Waals surface area contributed by atoms with Gasteiger partial charge in [0.25, 0.3) is 10.0 Å². The van der Waals surface area contributed by atoms with Crippen LogP contribution in [0.4, 0.5) is 5.69 Å². The van der Waals surface area contributed by atoms with Gasteiger partial charge < -0.3 is 15.0 Å². The minimum atomic E-state index is -4.16. The molecule has 0 saturated carbocycles. The van der Waals surface area contributed by atoms with E-state index in [0.29, 0.717) is 18.7 Å². The number of sulfonamides is 1. The third-order valence-electron chi connectivity index (χ3n) is 6.23. The summed E-state index contributed by atoms with van der Waals surface area (Å²) in [6.45, 7) is 3.76. The monoisotopic (exact) mass is 571 g/mol. The minimum absolute atomic E-state index is 0.0225. The van der Waals surface area contributed by atoms with E-state index < -0.39 is 28.5 Å². The fourth-order valence-corrected chi connectivity index (χ4v) is 5.70. The zero-order chi connectivity index (χ0) is 28.4. The lowest BCUT2D eigenvalue weighted by atomic mass is 10.1. The summed E-state index contributed by atoms with van der Waals surface area (Å²) in [4.78, 5) is 28.2. The van der Waals surface area contributed by atoms with Crippen molar-refractivity contribution in [3.63, 3.8) is 0 Å². The molecule has 0 saturated heterocycles. The average molecular weight is 572 g/mol. The van der Waals surface area contributed by atoms with E-state index in [1.807, 2.05) is 37.3 Å². The molecule has 2 amide bonds. The summed E-state index contributed by atoms with van der Waals surface area (Å²) in [7, 11) is -2.70. The van der Waals surface area contributed by atoms with Crippen molar-refractivity contribution in [3.05, 3.63) is 89.4 Å². The average Bonchev–Trinajstić information content (AvgIpc) is 2.95. The summed E-state index contributed by atoms with van der Waals surface area (Å²) < 4.78 is 33.8. The Morgan fingerprint density at radius 3 is 2.23 bits per heavy atom. The molecule has 3 aromatic carbocycles. The van der Waals surface area contributed by atoms with Crippen molar-refractivity contribution in [2.24, 2.45) is 0 Å². The Labute approximate surface area is 235 Å². The number of ether oxygens (including phenoxy) is 1. The maximum atomic E-state index is 13.8. The second kappa shape index (κ2) is 14.0. The predicted octanol–water partition coefficient (Wildman–Crippen LogP) is 4.53. The molecule has 0 aliphatic carbocycles. The highest BCUT2D eigenvalue weighted by atomic mass is 35.5. The first-order valence-corrected chi connectivity index (χ1v) is 14.5. The highest BCUT2D eigenvalue weighted by molar-refractivity contribution is 7.92. The molecular formula is C29H34ClN3O5S. The van der Waals surface area contributed by atoms with Crippen LogP contribution in [0.1, 0.15) is 25.8 Å². The number of rotatable bonds is 13. The van der Waals surface area contributed by atoms with Gasteiger partial charge in [-0.15, -0.1) is 0 Å². The first kappa shape index (κ1) is 30.0. The normalized spacial score (nSPS) is 11.9.